The number of nitrogens with one attached hydrogen (secondary N) is 1. The molecule has 120 valence electrons. The van der Waals surface area contributed by atoms with Crippen LogP contribution < -0.4 is 9.78 Å². The monoisotopic (exact) mass is 375 g/mol. The fraction of sp³-hybridized carbons (Fsp3) is 0.211. The predicted molar refractivity (Wildman–Crippen MR) is 94.9 cm³/mol. The Morgan fingerprint density at radius 3 is 2.43 bits per heavy atom. The minimum atomic E-state index is -0.343. The molecule has 0 radical (unpaired) electrons. The van der Waals surface area contributed by atoms with Crippen LogP contribution in [0.5, 0.6) is 0 Å². The molecule has 3 nitrogen and oxygen atoms in total. The van der Waals surface area contributed by atoms with Crippen molar-refractivity contribution in [3.05, 3.63) is 78.5 Å². The number of esters is 1. The Kier molecular flexibility index (Phi) is 7.44. The van der Waals surface area contributed by atoms with E-state index in [1.54, 1.807) is 6.20 Å². The number of methoxy groups -OCH3 is 1. The molecular weight excluding hydrogens is 353 g/mol. The summed E-state index contributed by atoms with van der Waals surface area (Å²) in [6.45, 7) is 0. The van der Waals surface area contributed by atoms with Crippen LogP contribution in [0.3, 0.4) is 0 Å². The van der Waals surface area contributed by atoms with Crippen molar-refractivity contribution in [1.29, 1.82) is 0 Å². The summed E-state index contributed by atoms with van der Waals surface area (Å²) in [4.78, 5) is 11.2. The normalized spacial score (nSPS) is 12.0. The summed E-state index contributed by atoms with van der Waals surface area (Å²) in [5.74, 6) is -0.343. The van der Waals surface area contributed by atoms with E-state index in [9.17, 15) is 4.79 Å². The third-order valence-electron chi connectivity index (χ3n) is 3.27. The van der Waals surface area contributed by atoms with Gasteiger partial charge in [0.05, 0.1) is 0 Å². The van der Waals surface area contributed by atoms with Crippen molar-refractivity contribution in [3.8, 4) is 0 Å². The molecule has 0 amide bonds. The first-order valence-corrected chi connectivity index (χ1v) is 9.57. The average molecular weight is 374 g/mol. The van der Waals surface area contributed by atoms with E-state index in [2.05, 4.69) is 58.6 Å². The van der Waals surface area contributed by atoms with Gasteiger partial charge in [-0.15, -0.1) is 0 Å². The van der Waals surface area contributed by atoms with Crippen LogP contribution in [0.15, 0.2) is 72.9 Å². The SMILES string of the molecule is COC(=O)/C=C\NC(C[Se]c1ccccc1)Cc1ccccc1. The number of hydrogen-bond acceptors (Lipinski definition) is 3. The van der Waals surface area contributed by atoms with E-state index < -0.39 is 0 Å². The molecule has 0 bridgehead atoms. The van der Waals surface area contributed by atoms with Crippen molar-refractivity contribution >= 4 is 25.4 Å². The maximum atomic E-state index is 11.2. The Labute approximate surface area is 143 Å². The molecule has 0 saturated carbocycles. The zero-order valence-electron chi connectivity index (χ0n) is 13.1. The summed E-state index contributed by atoms with van der Waals surface area (Å²) in [5, 5.41) is 4.39. The molecule has 2 aromatic rings. The van der Waals surface area contributed by atoms with E-state index in [-0.39, 0.29) is 5.97 Å². The summed E-state index contributed by atoms with van der Waals surface area (Å²) >= 11 is 0.396. The summed E-state index contributed by atoms with van der Waals surface area (Å²) in [7, 11) is 1.38. The molecule has 0 heterocycles. The van der Waals surface area contributed by atoms with Crippen molar-refractivity contribution in [2.75, 3.05) is 7.11 Å². The molecular formula is C19H21NO2Se. The van der Waals surface area contributed by atoms with Gasteiger partial charge in [-0.2, -0.15) is 0 Å². The van der Waals surface area contributed by atoms with E-state index in [0.717, 1.165) is 11.7 Å². The third-order valence-corrected chi connectivity index (χ3v) is 5.74. The van der Waals surface area contributed by atoms with Gasteiger partial charge >= 0.3 is 144 Å². The van der Waals surface area contributed by atoms with Gasteiger partial charge in [0.25, 0.3) is 0 Å². The zero-order valence-corrected chi connectivity index (χ0v) is 14.9. The Morgan fingerprint density at radius 2 is 1.78 bits per heavy atom. The number of hydrogen-bond donors (Lipinski definition) is 1. The second-order valence-electron chi connectivity index (χ2n) is 5.03. The van der Waals surface area contributed by atoms with Gasteiger partial charge in [-0.3, -0.25) is 0 Å². The van der Waals surface area contributed by atoms with Gasteiger partial charge in [0.15, 0.2) is 0 Å². The van der Waals surface area contributed by atoms with Gasteiger partial charge in [-0.05, 0) is 0 Å². The van der Waals surface area contributed by atoms with Crippen LogP contribution in [0, 0.1) is 0 Å². The van der Waals surface area contributed by atoms with Gasteiger partial charge in [0, 0.05) is 0 Å². The molecule has 0 aliphatic rings. The number of rotatable bonds is 8. The Morgan fingerprint density at radius 1 is 1.13 bits per heavy atom. The summed E-state index contributed by atoms with van der Waals surface area (Å²) in [6, 6.07) is 21.2. The molecule has 23 heavy (non-hydrogen) atoms. The van der Waals surface area contributed by atoms with Crippen molar-refractivity contribution in [2.24, 2.45) is 0 Å². The molecule has 0 saturated heterocycles. The summed E-state index contributed by atoms with van der Waals surface area (Å²) in [5.41, 5.74) is 1.29. The predicted octanol–water partition coefficient (Wildman–Crippen LogP) is 2.32. The molecule has 0 aliphatic carbocycles. The topological polar surface area (TPSA) is 38.3 Å². The van der Waals surface area contributed by atoms with Crippen LogP contribution in [0.1, 0.15) is 5.56 Å². The van der Waals surface area contributed by atoms with Crippen LogP contribution in [0.4, 0.5) is 0 Å². The minimum absolute atomic E-state index is 0.290. The van der Waals surface area contributed by atoms with Gasteiger partial charge < -0.3 is 0 Å². The summed E-state index contributed by atoms with van der Waals surface area (Å²) in [6.07, 6.45) is 4.05. The molecule has 0 aliphatic heterocycles. The molecule has 0 spiro atoms. The van der Waals surface area contributed by atoms with Crippen LogP contribution in [-0.4, -0.2) is 34.1 Å². The Bertz CT molecular complexity index is 614. The van der Waals surface area contributed by atoms with Crippen molar-refractivity contribution < 1.29 is 9.53 Å². The van der Waals surface area contributed by atoms with E-state index in [1.807, 2.05) is 12.1 Å². The van der Waals surface area contributed by atoms with Crippen LogP contribution in [0.2, 0.25) is 5.32 Å². The molecule has 1 unspecified atom stereocenters. The van der Waals surface area contributed by atoms with Gasteiger partial charge in [-0.25, -0.2) is 0 Å². The van der Waals surface area contributed by atoms with E-state index in [0.29, 0.717) is 21.0 Å². The molecule has 2 aromatic carbocycles. The van der Waals surface area contributed by atoms with Crippen molar-refractivity contribution in [2.45, 2.75) is 17.8 Å². The first-order chi connectivity index (χ1) is 11.3. The molecule has 1 N–H and O–H groups in total. The average Bonchev–Trinajstić information content (AvgIpc) is 2.61. The van der Waals surface area contributed by atoms with Crippen molar-refractivity contribution in [1.82, 2.24) is 5.32 Å². The van der Waals surface area contributed by atoms with E-state index >= 15 is 0 Å². The van der Waals surface area contributed by atoms with E-state index in [4.69, 9.17) is 0 Å². The first-order valence-electron chi connectivity index (χ1n) is 7.50. The maximum absolute atomic E-state index is 11.2. The summed E-state index contributed by atoms with van der Waals surface area (Å²) < 4.78 is 6.00. The third kappa shape index (κ3) is 6.72. The van der Waals surface area contributed by atoms with Gasteiger partial charge in [0.2, 0.25) is 0 Å². The zero-order chi connectivity index (χ0) is 16.3. The molecule has 4 heteroatoms. The van der Waals surface area contributed by atoms with E-state index in [1.165, 1.54) is 23.2 Å². The fourth-order valence-corrected chi connectivity index (χ4v) is 4.11. The quantitative estimate of drug-likeness (QED) is 0.438. The standard InChI is InChI=1S/C19H21NO2Se/c1-22-19(21)12-13-20-17(14-16-8-4-2-5-9-16)15-23-18-10-6-3-7-11-18/h2-13,17,20H,14-15H2,1H3/b13-12-. The Balaban J connectivity index is 1.95. The fourth-order valence-electron chi connectivity index (χ4n) is 2.10. The number of benzene rings is 2. The Hall–Kier alpha value is -2.03. The van der Waals surface area contributed by atoms with Gasteiger partial charge in [-0.1, -0.05) is 0 Å². The van der Waals surface area contributed by atoms with Gasteiger partial charge in [0.1, 0.15) is 0 Å². The second kappa shape index (κ2) is 9.88. The molecule has 2 rings (SSSR count). The number of ether oxygens (including phenoxy) is 1. The van der Waals surface area contributed by atoms with Crippen molar-refractivity contribution in [3.63, 3.8) is 0 Å². The first kappa shape index (κ1) is 17.3. The molecule has 0 fully saturated rings. The number of carbonyl (C=O) groups is 1. The van der Waals surface area contributed by atoms with Crippen LogP contribution in [-0.2, 0) is 16.0 Å². The van der Waals surface area contributed by atoms with Crippen LogP contribution >= 0.6 is 0 Å². The number of carbonyl (C=O) groups excluding carboxylic acids is 1. The molecule has 0 aromatic heterocycles. The molecule has 1 atom stereocenters. The van der Waals surface area contributed by atoms with Crippen LogP contribution in [0.25, 0.3) is 0 Å². The second-order valence-corrected chi connectivity index (χ2v) is 7.33.